The minimum absolute atomic E-state index is 0. The third-order valence-electron chi connectivity index (χ3n) is 2.63. The summed E-state index contributed by atoms with van der Waals surface area (Å²) >= 11 is 11.7. The summed E-state index contributed by atoms with van der Waals surface area (Å²) in [6, 6.07) is 4.92. The number of likely N-dealkylation sites (N-methyl/N-ethyl adjacent to an activating group) is 2. The largest absolute Gasteiger partial charge is 0.481 e. The molecule has 1 amide bonds. The summed E-state index contributed by atoms with van der Waals surface area (Å²) in [4.78, 5) is 13.6. The first-order valence-corrected chi connectivity index (χ1v) is 6.72. The van der Waals surface area contributed by atoms with Gasteiger partial charge in [0.2, 0.25) is 0 Å². The molecule has 0 saturated carbocycles. The van der Waals surface area contributed by atoms with Crippen LogP contribution in [0.4, 0.5) is 0 Å². The lowest BCUT2D eigenvalue weighted by Crippen LogP contribution is -2.40. The zero-order valence-corrected chi connectivity index (χ0v) is 14.0. The number of hydrogen-bond donors (Lipinski definition) is 1. The van der Waals surface area contributed by atoms with E-state index in [1.807, 2.05) is 7.05 Å². The van der Waals surface area contributed by atoms with Gasteiger partial charge in [-0.15, -0.1) is 12.4 Å². The summed E-state index contributed by atoms with van der Waals surface area (Å²) in [7, 11) is 3.59. The number of nitrogens with one attached hydrogen (secondary N) is 1. The van der Waals surface area contributed by atoms with E-state index in [-0.39, 0.29) is 18.3 Å². The van der Waals surface area contributed by atoms with Crippen LogP contribution in [0.25, 0.3) is 0 Å². The van der Waals surface area contributed by atoms with Crippen molar-refractivity contribution in [3.63, 3.8) is 0 Å². The van der Waals surface area contributed by atoms with Crippen molar-refractivity contribution in [1.82, 2.24) is 10.2 Å². The highest BCUT2D eigenvalue weighted by atomic mass is 35.5. The summed E-state index contributed by atoms with van der Waals surface area (Å²) in [6.07, 6.45) is -0.570. The third-order valence-corrected chi connectivity index (χ3v) is 3.36. The molecule has 0 bridgehead atoms. The van der Waals surface area contributed by atoms with Gasteiger partial charge in [-0.2, -0.15) is 0 Å². The number of halogens is 3. The molecule has 7 heteroatoms. The quantitative estimate of drug-likeness (QED) is 0.865. The molecule has 1 rings (SSSR count). The van der Waals surface area contributed by atoms with Crippen molar-refractivity contribution in [3.05, 3.63) is 28.2 Å². The van der Waals surface area contributed by atoms with Crippen molar-refractivity contribution in [2.45, 2.75) is 13.0 Å². The van der Waals surface area contributed by atoms with Crippen LogP contribution in [0.5, 0.6) is 5.75 Å². The van der Waals surface area contributed by atoms with Gasteiger partial charge in [-0.05, 0) is 26.1 Å². The maximum absolute atomic E-state index is 12.0. The zero-order valence-electron chi connectivity index (χ0n) is 11.7. The molecule has 0 spiro atoms. The van der Waals surface area contributed by atoms with Crippen molar-refractivity contribution >= 4 is 41.5 Å². The lowest BCUT2D eigenvalue weighted by Gasteiger charge is -2.22. The number of nitrogens with zero attached hydrogens (tertiary/aromatic N) is 1. The molecule has 1 unspecified atom stereocenters. The molecule has 114 valence electrons. The van der Waals surface area contributed by atoms with Gasteiger partial charge in [0.25, 0.3) is 5.91 Å². The molecule has 0 saturated heterocycles. The highest BCUT2D eigenvalue weighted by molar-refractivity contribution is 6.42. The van der Waals surface area contributed by atoms with E-state index in [9.17, 15) is 4.79 Å². The molecule has 4 nitrogen and oxygen atoms in total. The van der Waals surface area contributed by atoms with E-state index in [4.69, 9.17) is 27.9 Å². The number of benzene rings is 1. The first kappa shape index (κ1) is 19.3. The standard InChI is InChI=1S/C13H18Cl2N2O2.ClH/c1-9(13(18)17(3)7-6-16-2)19-10-4-5-11(14)12(15)8-10;/h4-5,8-9,16H,6-7H2,1-3H3;1H. The molecule has 1 aromatic rings. The molecule has 1 N–H and O–H groups in total. The predicted octanol–water partition coefficient (Wildman–Crippen LogP) is 2.86. The third kappa shape index (κ3) is 5.75. The lowest BCUT2D eigenvalue weighted by molar-refractivity contribution is -0.136. The Kier molecular flexibility index (Phi) is 8.98. The molecule has 1 aromatic carbocycles. The fraction of sp³-hybridized carbons (Fsp3) is 0.462. The van der Waals surface area contributed by atoms with Crippen molar-refractivity contribution < 1.29 is 9.53 Å². The molecule has 0 aliphatic rings. The first-order valence-electron chi connectivity index (χ1n) is 5.97. The monoisotopic (exact) mass is 340 g/mol. The Hall–Kier alpha value is -0.680. The molecule has 20 heavy (non-hydrogen) atoms. The Morgan fingerprint density at radius 1 is 1.40 bits per heavy atom. The molecular formula is C13H19Cl3N2O2. The summed E-state index contributed by atoms with van der Waals surface area (Å²) in [5, 5.41) is 3.85. The smallest absolute Gasteiger partial charge is 0.263 e. The molecule has 1 atom stereocenters. The fourth-order valence-corrected chi connectivity index (χ4v) is 1.79. The van der Waals surface area contributed by atoms with Crippen LogP contribution in [0.15, 0.2) is 18.2 Å². The Balaban J connectivity index is 0.00000361. The summed E-state index contributed by atoms with van der Waals surface area (Å²) in [5.41, 5.74) is 0. The van der Waals surface area contributed by atoms with Crippen molar-refractivity contribution in [2.75, 3.05) is 27.2 Å². The number of carbonyl (C=O) groups is 1. The lowest BCUT2D eigenvalue weighted by atomic mass is 10.3. The van der Waals surface area contributed by atoms with Gasteiger partial charge in [0.15, 0.2) is 6.10 Å². The number of hydrogen-bond acceptors (Lipinski definition) is 3. The van der Waals surface area contributed by atoms with Gasteiger partial charge in [0.1, 0.15) is 5.75 Å². The maximum atomic E-state index is 12.0. The molecule has 0 aromatic heterocycles. The van der Waals surface area contributed by atoms with Gasteiger partial charge >= 0.3 is 0 Å². The molecule has 0 aliphatic carbocycles. The number of rotatable bonds is 6. The normalized spacial score (nSPS) is 11.4. The topological polar surface area (TPSA) is 41.6 Å². The van der Waals surface area contributed by atoms with Crippen LogP contribution in [0.2, 0.25) is 10.0 Å². The minimum atomic E-state index is -0.570. The average Bonchev–Trinajstić information content (AvgIpc) is 2.39. The average molecular weight is 342 g/mol. The maximum Gasteiger partial charge on any atom is 0.263 e. The van der Waals surface area contributed by atoms with Crippen LogP contribution in [0, 0.1) is 0 Å². The summed E-state index contributed by atoms with van der Waals surface area (Å²) in [5.74, 6) is 0.443. The Morgan fingerprint density at radius 3 is 2.60 bits per heavy atom. The zero-order chi connectivity index (χ0) is 14.4. The SMILES string of the molecule is CNCCN(C)C(=O)C(C)Oc1ccc(Cl)c(Cl)c1.Cl. The number of amides is 1. The van der Waals surface area contributed by atoms with Crippen LogP contribution in [0.3, 0.4) is 0 Å². The van der Waals surface area contributed by atoms with Gasteiger partial charge in [0.05, 0.1) is 10.0 Å². The molecule has 0 heterocycles. The van der Waals surface area contributed by atoms with Gasteiger partial charge in [-0.25, -0.2) is 0 Å². The summed E-state index contributed by atoms with van der Waals surface area (Å²) < 4.78 is 5.56. The van der Waals surface area contributed by atoms with E-state index in [0.717, 1.165) is 6.54 Å². The van der Waals surface area contributed by atoms with Crippen molar-refractivity contribution in [1.29, 1.82) is 0 Å². The molecular weight excluding hydrogens is 323 g/mol. The number of ether oxygens (including phenoxy) is 1. The van der Waals surface area contributed by atoms with Gasteiger partial charge in [0, 0.05) is 26.2 Å². The van der Waals surface area contributed by atoms with Crippen molar-refractivity contribution in [2.24, 2.45) is 0 Å². The van der Waals surface area contributed by atoms with Crippen LogP contribution in [-0.4, -0.2) is 44.1 Å². The Morgan fingerprint density at radius 2 is 2.05 bits per heavy atom. The Bertz CT molecular complexity index is 444. The minimum Gasteiger partial charge on any atom is -0.481 e. The molecule has 0 radical (unpaired) electrons. The van der Waals surface area contributed by atoms with E-state index in [1.165, 1.54) is 0 Å². The number of carbonyl (C=O) groups excluding carboxylic acids is 1. The van der Waals surface area contributed by atoms with E-state index in [0.29, 0.717) is 22.3 Å². The Labute approximate surface area is 135 Å². The summed E-state index contributed by atoms with van der Waals surface area (Å²) in [6.45, 7) is 3.08. The fourth-order valence-electron chi connectivity index (χ4n) is 1.50. The second-order valence-corrected chi connectivity index (χ2v) is 5.01. The van der Waals surface area contributed by atoms with Gasteiger partial charge < -0.3 is 15.0 Å². The van der Waals surface area contributed by atoms with Crippen LogP contribution in [-0.2, 0) is 4.79 Å². The second-order valence-electron chi connectivity index (χ2n) is 4.20. The van der Waals surface area contributed by atoms with Gasteiger partial charge in [-0.3, -0.25) is 4.79 Å². The van der Waals surface area contributed by atoms with Crippen LogP contribution >= 0.6 is 35.6 Å². The molecule has 0 fully saturated rings. The van der Waals surface area contributed by atoms with E-state index < -0.39 is 6.10 Å². The van der Waals surface area contributed by atoms with Gasteiger partial charge in [-0.1, -0.05) is 23.2 Å². The van der Waals surface area contributed by atoms with Crippen LogP contribution < -0.4 is 10.1 Å². The highest BCUT2D eigenvalue weighted by Crippen LogP contribution is 2.26. The second kappa shape index (κ2) is 9.29. The molecule has 0 aliphatic heterocycles. The van der Waals surface area contributed by atoms with Crippen LogP contribution in [0.1, 0.15) is 6.92 Å². The van der Waals surface area contributed by atoms with Crippen molar-refractivity contribution in [3.8, 4) is 5.75 Å². The first-order chi connectivity index (χ1) is 8.95. The highest BCUT2D eigenvalue weighted by Gasteiger charge is 2.19. The predicted molar refractivity (Wildman–Crippen MR) is 85.4 cm³/mol. The van der Waals surface area contributed by atoms with E-state index in [2.05, 4.69) is 5.32 Å². The van der Waals surface area contributed by atoms with E-state index in [1.54, 1.807) is 37.1 Å². The van der Waals surface area contributed by atoms with E-state index >= 15 is 0 Å².